The summed E-state index contributed by atoms with van der Waals surface area (Å²) in [6, 6.07) is 0. The van der Waals surface area contributed by atoms with E-state index >= 15 is 0 Å². The van der Waals surface area contributed by atoms with E-state index in [0.29, 0.717) is 0 Å². The van der Waals surface area contributed by atoms with Crippen LogP contribution in [0.5, 0.6) is 0 Å². The Labute approximate surface area is 60.0 Å². The van der Waals surface area contributed by atoms with E-state index in [0.717, 1.165) is 0 Å². The van der Waals surface area contributed by atoms with Crippen LogP contribution < -0.4 is 0 Å². The molecule has 4 N–H and O–H groups in total. The van der Waals surface area contributed by atoms with E-state index in [-0.39, 0.29) is 25.4 Å². The van der Waals surface area contributed by atoms with Gasteiger partial charge in [-0.05, 0) is 0 Å². The van der Waals surface area contributed by atoms with Crippen LogP contribution in [0.2, 0.25) is 0 Å². The van der Waals surface area contributed by atoms with Crippen LogP contribution >= 0.6 is 6.60 Å². The summed E-state index contributed by atoms with van der Waals surface area (Å²) in [5, 5.41) is 35.3. The molecule has 0 aromatic rings. The summed E-state index contributed by atoms with van der Waals surface area (Å²) < 4.78 is 0. The first-order chi connectivity index (χ1) is 4.54. The molecule has 0 radical (unpaired) electrons. The van der Waals surface area contributed by atoms with E-state index < -0.39 is 6.60 Å². The zero-order valence-electron chi connectivity index (χ0n) is 6.06. The Morgan fingerprint density at radius 1 is 0.800 bits per heavy atom. The van der Waals surface area contributed by atoms with Gasteiger partial charge in [0.1, 0.15) is 0 Å². The summed E-state index contributed by atoms with van der Waals surface area (Å²) >= 11 is 0. The molecule has 64 valence electrons. The molecule has 0 spiro atoms. The van der Waals surface area contributed by atoms with Crippen molar-refractivity contribution < 1.29 is 20.4 Å². The van der Waals surface area contributed by atoms with Gasteiger partial charge >= 0.3 is 59.1 Å². The second kappa shape index (κ2) is 3.11. The average molecular weight is 170 g/mol. The van der Waals surface area contributed by atoms with Crippen LogP contribution in [-0.4, -0.2) is 52.5 Å². The Hall–Kier alpha value is 0.270. The maximum absolute atomic E-state index is 8.81. The number of aliphatic hydroxyl groups excluding tert-OH is 4. The normalized spacial score (nSPS) is 16.3. The van der Waals surface area contributed by atoms with E-state index in [9.17, 15) is 0 Å². The molecule has 0 aromatic carbocycles. The number of rotatable bonds is 4. The van der Waals surface area contributed by atoms with E-state index in [4.69, 9.17) is 20.4 Å². The summed E-state index contributed by atoms with van der Waals surface area (Å²) in [4.78, 5) is 0. The number of hydrogen-bond donors (Lipinski definition) is 4. The van der Waals surface area contributed by atoms with Crippen LogP contribution in [0.25, 0.3) is 0 Å². The van der Waals surface area contributed by atoms with Gasteiger partial charge in [0.15, 0.2) is 0 Å². The molecule has 0 aliphatic rings. The number of aliphatic hydroxyl groups is 4. The maximum atomic E-state index is 8.81. The molecule has 10 heavy (non-hydrogen) atoms. The summed E-state index contributed by atoms with van der Waals surface area (Å²) in [5.41, 5.74) is 0. The van der Waals surface area contributed by atoms with Gasteiger partial charge < -0.3 is 0 Å². The Morgan fingerprint density at radius 3 is 1.00 bits per heavy atom. The molecule has 0 fully saturated rings. The summed E-state index contributed by atoms with van der Waals surface area (Å²) in [6.45, 7) is -1.37. The fraction of sp³-hybridized carbons (Fsp3) is 1.00. The van der Waals surface area contributed by atoms with E-state index in [1.54, 1.807) is 6.66 Å². The van der Waals surface area contributed by atoms with Gasteiger partial charge in [-0.2, -0.15) is 0 Å². The van der Waals surface area contributed by atoms with Crippen LogP contribution in [-0.2, 0) is 0 Å². The number of hydrogen-bond acceptors (Lipinski definition) is 4. The molecule has 0 rings (SSSR count). The molecule has 0 saturated heterocycles. The summed E-state index contributed by atoms with van der Waals surface area (Å²) in [6.07, 6.45) is -1.24. The molecule has 0 bridgehead atoms. The fourth-order valence-electron chi connectivity index (χ4n) is 0.268. The third-order valence-electron chi connectivity index (χ3n) is 1.77. The minimum absolute atomic E-state index is 0.310. The van der Waals surface area contributed by atoms with E-state index in [2.05, 4.69) is 0 Å². The van der Waals surface area contributed by atoms with Crippen molar-refractivity contribution in [2.75, 3.05) is 32.1 Å². The summed E-state index contributed by atoms with van der Waals surface area (Å²) in [7, 11) is 0. The van der Waals surface area contributed by atoms with Crippen LogP contribution in [0.1, 0.15) is 0 Å². The van der Waals surface area contributed by atoms with Gasteiger partial charge in [0.05, 0.1) is 0 Å². The second-order valence-corrected chi connectivity index (χ2v) is 9.52. The molecule has 0 aliphatic carbocycles. The van der Waals surface area contributed by atoms with Crippen LogP contribution in [0.3, 0.4) is 0 Å². The van der Waals surface area contributed by atoms with Gasteiger partial charge in [-0.25, -0.2) is 0 Å². The van der Waals surface area contributed by atoms with Gasteiger partial charge in [-0.3, -0.25) is 0 Å². The van der Waals surface area contributed by atoms with Gasteiger partial charge in [0.25, 0.3) is 0 Å². The van der Waals surface area contributed by atoms with Gasteiger partial charge in [0, 0.05) is 0 Å². The monoisotopic (exact) mass is 170 g/mol. The van der Waals surface area contributed by atoms with E-state index in [1.807, 2.05) is 0 Å². The zero-order valence-corrected chi connectivity index (χ0v) is 6.96. The Morgan fingerprint density at radius 2 is 1.00 bits per heavy atom. The predicted octanol–water partition coefficient (Wildman–Crippen LogP) is -1.03. The molecule has 0 unspecified atom stereocenters. The van der Waals surface area contributed by atoms with Gasteiger partial charge in [-0.1, -0.05) is 0 Å². The van der Waals surface area contributed by atoms with Crippen molar-refractivity contribution in [1.29, 1.82) is 0 Å². The molecule has 0 aliphatic heterocycles. The molecule has 0 atom stereocenters. The molecule has 0 amide bonds. The van der Waals surface area contributed by atoms with Crippen molar-refractivity contribution in [3.05, 3.63) is 0 Å². The van der Waals surface area contributed by atoms with Crippen molar-refractivity contribution in [3.8, 4) is 0 Å². The van der Waals surface area contributed by atoms with E-state index in [1.165, 1.54) is 0 Å². The van der Waals surface area contributed by atoms with Crippen molar-refractivity contribution in [2.24, 2.45) is 0 Å². The second-order valence-electron chi connectivity index (χ2n) is 3.17. The zero-order chi connectivity index (χ0) is 8.28. The first kappa shape index (κ1) is 10.3. The topological polar surface area (TPSA) is 80.9 Å². The van der Waals surface area contributed by atoms with Crippen molar-refractivity contribution in [3.63, 3.8) is 0 Å². The molecular formula is C5H15O4P. The van der Waals surface area contributed by atoms with Crippen LogP contribution in [0.15, 0.2) is 0 Å². The molecule has 0 saturated carbocycles. The quantitative estimate of drug-likeness (QED) is 0.407. The van der Waals surface area contributed by atoms with Crippen molar-refractivity contribution in [2.45, 2.75) is 0 Å². The average Bonchev–Trinajstić information content (AvgIpc) is 2.04. The summed E-state index contributed by atoms with van der Waals surface area (Å²) in [5.74, 6) is 0. The van der Waals surface area contributed by atoms with Crippen LogP contribution in [0.4, 0.5) is 0 Å². The Balaban J connectivity index is 4.42. The minimum atomic E-state index is -2.93. The third kappa shape index (κ3) is 1.65. The predicted molar refractivity (Wildman–Crippen MR) is 41.2 cm³/mol. The van der Waals surface area contributed by atoms with Gasteiger partial charge in [0.2, 0.25) is 0 Å². The van der Waals surface area contributed by atoms with Crippen molar-refractivity contribution >= 4 is 6.60 Å². The van der Waals surface area contributed by atoms with Crippen LogP contribution in [0, 0.1) is 0 Å². The molecular weight excluding hydrogens is 155 g/mol. The Bertz CT molecular complexity index is 88.7. The Kier molecular flexibility index (Phi) is 3.20. The molecule has 0 heterocycles. The first-order valence-corrected chi connectivity index (χ1v) is 6.40. The standard InChI is InChI=1S/C5H15O4P/c1-10(2-6,3-7,4-8)5-9/h6-9H,2-5H2,1H3. The SMILES string of the molecule is CP(CO)(CO)(CO)CO. The fourth-order valence-corrected chi connectivity index (χ4v) is 0.805. The molecule has 0 aromatic heterocycles. The molecule has 5 heteroatoms. The first-order valence-electron chi connectivity index (χ1n) is 2.98. The third-order valence-corrected chi connectivity index (χ3v) is 5.30. The van der Waals surface area contributed by atoms with Gasteiger partial charge in [-0.15, -0.1) is 0 Å². The van der Waals surface area contributed by atoms with Crippen molar-refractivity contribution in [1.82, 2.24) is 0 Å². The molecule has 4 nitrogen and oxygen atoms in total.